The normalized spacial score (nSPS) is 9.58. The summed E-state index contributed by atoms with van der Waals surface area (Å²) in [5, 5.41) is 0. The Morgan fingerprint density at radius 2 is 1.83 bits per heavy atom. The Bertz CT molecular complexity index is 281. The lowest BCUT2D eigenvalue weighted by Crippen LogP contribution is -2.22. The van der Waals surface area contributed by atoms with Crippen LogP contribution in [0.25, 0.3) is 0 Å². The number of rotatable bonds is 1. The molecular weight excluding hydrogens is 218 g/mol. The third-order valence-electron chi connectivity index (χ3n) is 1.69. The van der Waals surface area contributed by atoms with Gasteiger partial charge in [-0.15, -0.1) is 0 Å². The average molecular weight is 228 g/mol. The maximum atomic E-state index is 10.9. The highest BCUT2D eigenvalue weighted by Crippen LogP contribution is 2.16. The molecule has 0 radical (unpaired) electrons. The molecule has 2 nitrogen and oxygen atoms in total. The number of carbonyl (C=O) groups excluding carboxylic acids is 1. The van der Waals surface area contributed by atoms with Gasteiger partial charge in [-0.2, -0.15) is 0 Å². The molecule has 0 aliphatic carbocycles. The minimum Gasteiger partial charge on any atom is -0.316 e. The number of carbonyl (C=O) groups is 1. The van der Waals surface area contributed by atoms with E-state index in [4.69, 9.17) is 0 Å². The second-order valence-corrected chi connectivity index (χ2v) is 3.47. The average Bonchev–Trinajstić information content (AvgIpc) is 2.04. The van der Waals surface area contributed by atoms with Gasteiger partial charge in [0, 0.05) is 24.1 Å². The van der Waals surface area contributed by atoms with Crippen LogP contribution in [0.5, 0.6) is 0 Å². The number of halogens is 1. The Morgan fingerprint density at radius 3 is 2.25 bits per heavy atom. The van der Waals surface area contributed by atoms with Crippen molar-refractivity contribution in [3.8, 4) is 0 Å². The molecular formula is C9H10BrNO. The van der Waals surface area contributed by atoms with Crippen molar-refractivity contribution in [2.24, 2.45) is 0 Å². The molecule has 0 unspecified atom stereocenters. The first-order valence-electron chi connectivity index (χ1n) is 3.61. The summed E-state index contributed by atoms with van der Waals surface area (Å²) in [6.45, 7) is 1.54. The lowest BCUT2D eigenvalue weighted by molar-refractivity contribution is -0.116. The molecule has 12 heavy (non-hydrogen) atoms. The first kappa shape index (κ1) is 9.26. The second-order valence-electron chi connectivity index (χ2n) is 2.55. The van der Waals surface area contributed by atoms with E-state index >= 15 is 0 Å². The van der Waals surface area contributed by atoms with Crippen LogP contribution in [0.2, 0.25) is 0 Å². The van der Waals surface area contributed by atoms with Crippen LogP contribution in [0.4, 0.5) is 5.69 Å². The van der Waals surface area contributed by atoms with Gasteiger partial charge < -0.3 is 4.90 Å². The van der Waals surface area contributed by atoms with Crippen molar-refractivity contribution in [3.05, 3.63) is 28.7 Å². The Morgan fingerprint density at radius 1 is 1.33 bits per heavy atom. The lowest BCUT2D eigenvalue weighted by atomic mass is 10.3. The van der Waals surface area contributed by atoms with E-state index < -0.39 is 0 Å². The van der Waals surface area contributed by atoms with Crippen molar-refractivity contribution in [3.63, 3.8) is 0 Å². The molecule has 0 heterocycles. The molecule has 3 heteroatoms. The van der Waals surface area contributed by atoms with E-state index in [-0.39, 0.29) is 5.91 Å². The van der Waals surface area contributed by atoms with Gasteiger partial charge in [-0.3, -0.25) is 4.79 Å². The highest BCUT2D eigenvalue weighted by molar-refractivity contribution is 9.10. The van der Waals surface area contributed by atoms with Crippen LogP contribution in [-0.4, -0.2) is 13.0 Å². The van der Waals surface area contributed by atoms with Crippen LogP contribution < -0.4 is 4.90 Å². The second kappa shape index (κ2) is 3.72. The van der Waals surface area contributed by atoms with Crippen molar-refractivity contribution >= 4 is 27.5 Å². The maximum absolute atomic E-state index is 10.9. The minimum atomic E-state index is 0.0392. The van der Waals surface area contributed by atoms with Crippen LogP contribution in [0.1, 0.15) is 6.92 Å². The molecule has 0 saturated heterocycles. The van der Waals surface area contributed by atoms with Gasteiger partial charge in [0.2, 0.25) is 5.91 Å². The Balaban J connectivity index is 2.89. The third kappa shape index (κ3) is 2.08. The number of hydrogen-bond acceptors (Lipinski definition) is 1. The van der Waals surface area contributed by atoms with E-state index in [9.17, 15) is 4.79 Å². The Labute approximate surface area is 80.3 Å². The van der Waals surface area contributed by atoms with E-state index in [2.05, 4.69) is 15.9 Å². The first-order valence-corrected chi connectivity index (χ1v) is 4.40. The van der Waals surface area contributed by atoms with Gasteiger partial charge in [-0.25, -0.2) is 0 Å². The molecule has 0 atom stereocenters. The first-order chi connectivity index (χ1) is 5.61. The quantitative estimate of drug-likeness (QED) is 0.722. The van der Waals surface area contributed by atoms with Crippen molar-refractivity contribution < 1.29 is 4.79 Å². The molecule has 0 saturated carbocycles. The van der Waals surface area contributed by atoms with Gasteiger partial charge >= 0.3 is 0 Å². The van der Waals surface area contributed by atoms with E-state index in [1.165, 1.54) is 0 Å². The summed E-state index contributed by atoms with van der Waals surface area (Å²) < 4.78 is 1.02. The van der Waals surface area contributed by atoms with E-state index in [0.717, 1.165) is 10.2 Å². The zero-order chi connectivity index (χ0) is 9.14. The summed E-state index contributed by atoms with van der Waals surface area (Å²) in [6, 6.07) is 7.61. The molecule has 0 aromatic heterocycles. The molecule has 1 aromatic rings. The standard InChI is InChI=1S/C9H10BrNO/c1-7(12)11(2)9-5-3-8(10)4-6-9/h3-6H,1-2H3. The van der Waals surface area contributed by atoms with Gasteiger partial charge in [0.25, 0.3) is 0 Å². The molecule has 0 aliphatic rings. The zero-order valence-electron chi connectivity index (χ0n) is 7.04. The van der Waals surface area contributed by atoms with E-state index in [1.54, 1.807) is 18.9 Å². The van der Waals surface area contributed by atoms with Crippen LogP contribution in [-0.2, 0) is 4.79 Å². The summed E-state index contributed by atoms with van der Waals surface area (Å²) in [4.78, 5) is 12.5. The van der Waals surface area contributed by atoms with Crippen molar-refractivity contribution in [1.82, 2.24) is 0 Å². The largest absolute Gasteiger partial charge is 0.316 e. The van der Waals surface area contributed by atoms with Gasteiger partial charge in [-0.05, 0) is 24.3 Å². The maximum Gasteiger partial charge on any atom is 0.223 e. The summed E-state index contributed by atoms with van der Waals surface area (Å²) in [7, 11) is 1.76. The summed E-state index contributed by atoms with van der Waals surface area (Å²) >= 11 is 3.33. The van der Waals surface area contributed by atoms with Crippen LogP contribution in [0, 0.1) is 0 Å². The Hall–Kier alpha value is -0.830. The van der Waals surface area contributed by atoms with Gasteiger partial charge in [0.05, 0.1) is 0 Å². The predicted octanol–water partition coefficient (Wildman–Crippen LogP) is 2.43. The molecule has 1 rings (SSSR count). The monoisotopic (exact) mass is 227 g/mol. The molecule has 0 N–H and O–H groups in total. The lowest BCUT2D eigenvalue weighted by Gasteiger charge is -2.14. The SMILES string of the molecule is CC(=O)N(C)c1ccc(Br)cc1. The molecule has 0 bridgehead atoms. The van der Waals surface area contributed by atoms with E-state index in [0.29, 0.717) is 0 Å². The molecule has 1 aromatic carbocycles. The van der Waals surface area contributed by atoms with Gasteiger partial charge in [0.15, 0.2) is 0 Å². The summed E-state index contributed by atoms with van der Waals surface area (Å²) in [6.07, 6.45) is 0. The smallest absolute Gasteiger partial charge is 0.223 e. The van der Waals surface area contributed by atoms with Gasteiger partial charge in [-0.1, -0.05) is 15.9 Å². The van der Waals surface area contributed by atoms with Crippen LogP contribution in [0.15, 0.2) is 28.7 Å². The number of benzene rings is 1. The van der Waals surface area contributed by atoms with E-state index in [1.807, 2.05) is 24.3 Å². The number of amides is 1. The highest BCUT2D eigenvalue weighted by Gasteiger charge is 2.03. The molecule has 0 fully saturated rings. The third-order valence-corrected chi connectivity index (χ3v) is 2.21. The minimum absolute atomic E-state index is 0.0392. The summed E-state index contributed by atoms with van der Waals surface area (Å²) in [5.41, 5.74) is 0.908. The fourth-order valence-electron chi connectivity index (χ4n) is 0.847. The fraction of sp³-hybridized carbons (Fsp3) is 0.222. The Kier molecular flexibility index (Phi) is 2.87. The number of nitrogens with zero attached hydrogens (tertiary/aromatic N) is 1. The fourth-order valence-corrected chi connectivity index (χ4v) is 1.11. The zero-order valence-corrected chi connectivity index (χ0v) is 8.63. The van der Waals surface area contributed by atoms with Crippen molar-refractivity contribution in [2.75, 3.05) is 11.9 Å². The summed E-state index contributed by atoms with van der Waals surface area (Å²) in [5.74, 6) is 0.0392. The van der Waals surface area contributed by atoms with Crippen LogP contribution >= 0.6 is 15.9 Å². The number of anilines is 1. The molecule has 64 valence electrons. The molecule has 1 amide bonds. The number of hydrogen-bond donors (Lipinski definition) is 0. The van der Waals surface area contributed by atoms with Crippen molar-refractivity contribution in [1.29, 1.82) is 0 Å². The molecule has 0 aliphatic heterocycles. The van der Waals surface area contributed by atoms with Gasteiger partial charge in [0.1, 0.15) is 0 Å². The molecule has 0 spiro atoms. The highest BCUT2D eigenvalue weighted by atomic mass is 79.9. The van der Waals surface area contributed by atoms with Crippen molar-refractivity contribution in [2.45, 2.75) is 6.92 Å². The predicted molar refractivity (Wildman–Crippen MR) is 53.2 cm³/mol. The van der Waals surface area contributed by atoms with Crippen LogP contribution in [0.3, 0.4) is 0 Å². The topological polar surface area (TPSA) is 20.3 Å².